The van der Waals surface area contributed by atoms with Crippen molar-refractivity contribution >= 4 is 22.0 Å². The standard InChI is InChI=1S/C11H23N3O5S/c1-6-11(4,8(15)16)13-9(17)12-7-10(2,3)14-20(5,18)19/h14H,6-7H2,1-5H3,(H,15,16)(H2,12,13,17). The maximum atomic E-state index is 11.7. The number of carboxylic acids is 1. The molecule has 1 atom stereocenters. The highest BCUT2D eigenvalue weighted by Gasteiger charge is 2.33. The predicted molar refractivity (Wildman–Crippen MR) is 74.9 cm³/mol. The molecule has 0 bridgehead atoms. The van der Waals surface area contributed by atoms with Crippen molar-refractivity contribution in [2.45, 2.75) is 45.2 Å². The van der Waals surface area contributed by atoms with Crippen molar-refractivity contribution in [3.63, 3.8) is 0 Å². The van der Waals surface area contributed by atoms with Crippen LogP contribution in [0.5, 0.6) is 0 Å². The van der Waals surface area contributed by atoms with Crippen molar-refractivity contribution < 1.29 is 23.1 Å². The molecule has 0 radical (unpaired) electrons. The molecule has 0 aromatic rings. The minimum absolute atomic E-state index is 0.0192. The van der Waals surface area contributed by atoms with Crippen molar-refractivity contribution in [1.29, 1.82) is 0 Å². The number of nitrogens with one attached hydrogen (secondary N) is 3. The molecule has 0 rings (SSSR count). The molecule has 1 unspecified atom stereocenters. The monoisotopic (exact) mass is 309 g/mol. The molecule has 0 fully saturated rings. The molecule has 0 saturated carbocycles. The van der Waals surface area contributed by atoms with Crippen LogP contribution in [0.25, 0.3) is 0 Å². The summed E-state index contributed by atoms with van der Waals surface area (Å²) < 4.78 is 24.6. The van der Waals surface area contributed by atoms with Gasteiger partial charge in [-0.25, -0.2) is 22.7 Å². The first-order chi connectivity index (χ1) is 8.81. The highest BCUT2D eigenvalue weighted by molar-refractivity contribution is 7.88. The Morgan fingerprint density at radius 1 is 1.20 bits per heavy atom. The fourth-order valence-corrected chi connectivity index (χ4v) is 2.50. The Bertz CT molecular complexity index is 474. The summed E-state index contributed by atoms with van der Waals surface area (Å²) >= 11 is 0. The van der Waals surface area contributed by atoms with Gasteiger partial charge in [-0.2, -0.15) is 0 Å². The van der Waals surface area contributed by atoms with Crippen molar-refractivity contribution in [2.24, 2.45) is 0 Å². The smallest absolute Gasteiger partial charge is 0.329 e. The number of sulfonamides is 1. The predicted octanol–water partition coefficient (Wildman–Crippen LogP) is -0.133. The van der Waals surface area contributed by atoms with Crippen LogP contribution in [0, 0.1) is 0 Å². The number of carboxylic acid groups (broad SMARTS) is 1. The summed E-state index contributed by atoms with van der Waals surface area (Å²) in [6, 6.07) is -0.667. The van der Waals surface area contributed by atoms with Crippen LogP contribution < -0.4 is 15.4 Å². The summed E-state index contributed by atoms with van der Waals surface area (Å²) in [5, 5.41) is 13.8. The quantitative estimate of drug-likeness (QED) is 0.521. The van der Waals surface area contributed by atoms with Crippen LogP contribution in [-0.2, 0) is 14.8 Å². The van der Waals surface area contributed by atoms with Crippen LogP contribution in [0.15, 0.2) is 0 Å². The van der Waals surface area contributed by atoms with Gasteiger partial charge in [0, 0.05) is 12.1 Å². The number of amides is 2. The van der Waals surface area contributed by atoms with Gasteiger partial charge in [-0.3, -0.25) is 0 Å². The second-order valence-corrected chi connectivity index (χ2v) is 7.31. The van der Waals surface area contributed by atoms with Gasteiger partial charge in [0.05, 0.1) is 6.26 Å². The lowest BCUT2D eigenvalue weighted by Crippen LogP contribution is -2.58. The third kappa shape index (κ3) is 6.71. The largest absolute Gasteiger partial charge is 0.480 e. The van der Waals surface area contributed by atoms with Gasteiger partial charge < -0.3 is 15.7 Å². The van der Waals surface area contributed by atoms with E-state index in [0.29, 0.717) is 0 Å². The van der Waals surface area contributed by atoms with Gasteiger partial charge in [-0.1, -0.05) is 6.92 Å². The second kappa shape index (κ2) is 6.40. The maximum Gasteiger partial charge on any atom is 0.329 e. The van der Waals surface area contributed by atoms with E-state index in [1.54, 1.807) is 20.8 Å². The fourth-order valence-electron chi connectivity index (χ4n) is 1.43. The number of carbonyl (C=O) groups excluding carboxylic acids is 1. The van der Waals surface area contributed by atoms with Crippen LogP contribution in [0.4, 0.5) is 4.79 Å². The molecule has 8 nitrogen and oxygen atoms in total. The third-order valence-corrected chi connectivity index (χ3v) is 3.64. The lowest BCUT2D eigenvalue weighted by Gasteiger charge is -2.28. The number of hydrogen-bond acceptors (Lipinski definition) is 4. The molecule has 2 amide bonds. The Hall–Kier alpha value is -1.35. The van der Waals surface area contributed by atoms with Crippen LogP contribution in [0.1, 0.15) is 34.1 Å². The van der Waals surface area contributed by atoms with Crippen LogP contribution in [-0.4, -0.2) is 49.4 Å². The molecule has 9 heteroatoms. The van der Waals surface area contributed by atoms with Gasteiger partial charge in [0.25, 0.3) is 0 Å². The molecule has 0 aliphatic heterocycles. The van der Waals surface area contributed by atoms with E-state index in [4.69, 9.17) is 5.11 Å². The normalized spacial score (nSPS) is 15.2. The van der Waals surface area contributed by atoms with E-state index in [9.17, 15) is 18.0 Å². The first-order valence-electron chi connectivity index (χ1n) is 6.10. The van der Waals surface area contributed by atoms with Crippen molar-refractivity contribution in [2.75, 3.05) is 12.8 Å². The van der Waals surface area contributed by atoms with E-state index in [0.717, 1.165) is 6.26 Å². The zero-order valence-corrected chi connectivity index (χ0v) is 13.2. The van der Waals surface area contributed by atoms with E-state index >= 15 is 0 Å². The number of aliphatic carboxylic acids is 1. The molecule has 0 aromatic heterocycles. The summed E-state index contributed by atoms with van der Waals surface area (Å²) in [5.74, 6) is -1.14. The first kappa shape index (κ1) is 18.7. The minimum Gasteiger partial charge on any atom is -0.480 e. The van der Waals surface area contributed by atoms with Gasteiger partial charge in [-0.05, 0) is 27.2 Å². The maximum absolute atomic E-state index is 11.7. The van der Waals surface area contributed by atoms with Crippen molar-refractivity contribution in [1.82, 2.24) is 15.4 Å². The summed E-state index contributed by atoms with van der Waals surface area (Å²) in [6.07, 6.45) is 1.24. The lowest BCUT2D eigenvalue weighted by molar-refractivity contribution is -0.143. The zero-order chi connectivity index (χ0) is 16.2. The fraction of sp³-hybridized carbons (Fsp3) is 0.818. The Kier molecular flexibility index (Phi) is 5.97. The summed E-state index contributed by atoms with van der Waals surface area (Å²) in [7, 11) is -3.40. The van der Waals surface area contributed by atoms with E-state index in [1.807, 2.05) is 0 Å². The second-order valence-electron chi connectivity index (χ2n) is 5.56. The molecule has 0 spiro atoms. The van der Waals surface area contributed by atoms with E-state index in [-0.39, 0.29) is 13.0 Å². The van der Waals surface area contributed by atoms with Gasteiger partial charge in [0.2, 0.25) is 10.0 Å². The van der Waals surface area contributed by atoms with Gasteiger partial charge in [0.1, 0.15) is 5.54 Å². The van der Waals surface area contributed by atoms with E-state index in [1.165, 1.54) is 6.92 Å². The Balaban J connectivity index is 4.54. The Morgan fingerprint density at radius 3 is 2.05 bits per heavy atom. The molecule has 0 heterocycles. The summed E-state index contributed by atoms with van der Waals surface area (Å²) in [5.41, 5.74) is -2.24. The van der Waals surface area contributed by atoms with Gasteiger partial charge in [0.15, 0.2) is 0 Å². The van der Waals surface area contributed by atoms with Gasteiger partial charge >= 0.3 is 12.0 Å². The SMILES string of the molecule is CCC(C)(NC(=O)NCC(C)(C)NS(C)(=O)=O)C(=O)O. The molecule has 0 aromatic carbocycles. The van der Waals surface area contributed by atoms with Crippen LogP contribution in [0.3, 0.4) is 0 Å². The molecular formula is C11H23N3O5S. The molecule has 118 valence electrons. The minimum atomic E-state index is -3.40. The number of rotatable bonds is 7. The number of urea groups is 1. The highest BCUT2D eigenvalue weighted by Crippen LogP contribution is 2.09. The van der Waals surface area contributed by atoms with Crippen LogP contribution in [0.2, 0.25) is 0 Å². The number of carbonyl (C=O) groups is 2. The van der Waals surface area contributed by atoms with Gasteiger partial charge in [-0.15, -0.1) is 0 Å². The Morgan fingerprint density at radius 2 is 1.70 bits per heavy atom. The lowest BCUT2D eigenvalue weighted by atomic mass is 10.00. The van der Waals surface area contributed by atoms with Crippen molar-refractivity contribution in [3.05, 3.63) is 0 Å². The molecule has 20 heavy (non-hydrogen) atoms. The summed E-state index contributed by atoms with van der Waals surface area (Å²) in [4.78, 5) is 22.7. The van der Waals surface area contributed by atoms with Crippen LogP contribution >= 0.6 is 0 Å². The molecular weight excluding hydrogens is 286 g/mol. The molecule has 0 aliphatic rings. The topological polar surface area (TPSA) is 125 Å². The zero-order valence-electron chi connectivity index (χ0n) is 12.4. The van der Waals surface area contributed by atoms with Crippen molar-refractivity contribution in [3.8, 4) is 0 Å². The Labute approximate surface area is 119 Å². The highest BCUT2D eigenvalue weighted by atomic mass is 32.2. The molecule has 0 saturated heterocycles. The first-order valence-corrected chi connectivity index (χ1v) is 7.99. The number of hydrogen-bond donors (Lipinski definition) is 4. The van der Waals surface area contributed by atoms with E-state index in [2.05, 4.69) is 15.4 Å². The molecule has 0 aliphatic carbocycles. The third-order valence-electron chi connectivity index (χ3n) is 2.72. The van der Waals surface area contributed by atoms with E-state index < -0.39 is 33.1 Å². The average Bonchev–Trinajstić information content (AvgIpc) is 2.23. The summed E-state index contributed by atoms with van der Waals surface area (Å²) in [6.45, 7) is 6.26. The average molecular weight is 309 g/mol. The molecule has 4 N–H and O–H groups in total.